The van der Waals surface area contributed by atoms with Crippen LogP contribution in [0.25, 0.3) is 0 Å². The Bertz CT molecular complexity index is 569. The number of benzene rings is 1. The summed E-state index contributed by atoms with van der Waals surface area (Å²) in [5, 5.41) is 0. The third-order valence-electron chi connectivity index (χ3n) is 3.28. The lowest BCUT2D eigenvalue weighted by atomic mass is 9.96. The lowest BCUT2D eigenvalue weighted by molar-refractivity contribution is 0.414. The second-order valence-corrected chi connectivity index (χ2v) is 4.53. The molecule has 19 heavy (non-hydrogen) atoms. The molecule has 4 heteroatoms. The maximum absolute atomic E-state index is 5.72. The third-order valence-corrected chi connectivity index (χ3v) is 3.28. The van der Waals surface area contributed by atoms with Crippen molar-refractivity contribution in [2.24, 2.45) is 5.84 Å². The number of ether oxygens (including phenoxy) is 1. The van der Waals surface area contributed by atoms with Crippen molar-refractivity contribution in [2.45, 2.75) is 19.9 Å². The van der Waals surface area contributed by atoms with E-state index in [9.17, 15) is 0 Å². The molecule has 0 bridgehead atoms. The van der Waals surface area contributed by atoms with Crippen molar-refractivity contribution in [3.63, 3.8) is 0 Å². The summed E-state index contributed by atoms with van der Waals surface area (Å²) in [7, 11) is 1.66. The first kappa shape index (κ1) is 13.5. The number of methoxy groups -OCH3 is 1. The maximum Gasteiger partial charge on any atom is 0.119 e. The van der Waals surface area contributed by atoms with Crippen LogP contribution < -0.4 is 16.0 Å². The molecule has 0 spiro atoms. The highest BCUT2D eigenvalue weighted by molar-refractivity contribution is 5.41. The average Bonchev–Trinajstić information content (AvgIpc) is 2.43. The van der Waals surface area contributed by atoms with E-state index in [0.717, 1.165) is 28.1 Å². The molecule has 2 rings (SSSR count). The van der Waals surface area contributed by atoms with Gasteiger partial charge in [-0.1, -0.05) is 12.1 Å². The Morgan fingerprint density at radius 1 is 1.21 bits per heavy atom. The topological polar surface area (TPSA) is 60.2 Å². The van der Waals surface area contributed by atoms with Crippen LogP contribution in [0.3, 0.4) is 0 Å². The van der Waals surface area contributed by atoms with E-state index in [1.54, 1.807) is 13.3 Å². The summed E-state index contributed by atoms with van der Waals surface area (Å²) < 4.78 is 5.23. The van der Waals surface area contributed by atoms with Gasteiger partial charge in [0.25, 0.3) is 0 Å². The molecule has 0 aliphatic carbocycles. The van der Waals surface area contributed by atoms with Crippen LogP contribution in [0, 0.1) is 13.8 Å². The standard InChI is InChI=1S/C15H19N3O/c1-10-5-4-8-17-14(10)15(18-16)13-7-6-12(19-3)9-11(13)2/h4-9,15,18H,16H2,1-3H3. The molecule has 100 valence electrons. The smallest absolute Gasteiger partial charge is 0.119 e. The first-order chi connectivity index (χ1) is 9.17. The molecule has 4 nitrogen and oxygen atoms in total. The Balaban J connectivity index is 2.46. The summed E-state index contributed by atoms with van der Waals surface area (Å²) in [5.41, 5.74) is 7.12. The molecule has 0 aliphatic rings. The van der Waals surface area contributed by atoms with Gasteiger partial charge in [0.05, 0.1) is 18.8 Å². The number of rotatable bonds is 4. The van der Waals surface area contributed by atoms with E-state index in [1.165, 1.54) is 0 Å². The molecule has 1 heterocycles. The van der Waals surface area contributed by atoms with Crippen LogP contribution in [-0.4, -0.2) is 12.1 Å². The fourth-order valence-corrected chi connectivity index (χ4v) is 2.22. The fourth-order valence-electron chi connectivity index (χ4n) is 2.22. The van der Waals surface area contributed by atoms with Gasteiger partial charge in [-0.05, 0) is 48.7 Å². The van der Waals surface area contributed by atoms with E-state index in [0.29, 0.717) is 0 Å². The van der Waals surface area contributed by atoms with Crippen LogP contribution in [0.4, 0.5) is 0 Å². The molecule has 1 unspecified atom stereocenters. The number of pyridine rings is 1. The predicted octanol–water partition coefficient (Wildman–Crippen LogP) is 2.26. The van der Waals surface area contributed by atoms with Crippen molar-refractivity contribution < 1.29 is 4.74 Å². The Hall–Kier alpha value is -1.91. The SMILES string of the molecule is COc1ccc(C(NN)c2ncccc2C)c(C)c1. The van der Waals surface area contributed by atoms with Gasteiger partial charge in [0.15, 0.2) is 0 Å². The van der Waals surface area contributed by atoms with Gasteiger partial charge in [-0.25, -0.2) is 5.43 Å². The van der Waals surface area contributed by atoms with Crippen LogP contribution in [0.2, 0.25) is 0 Å². The average molecular weight is 257 g/mol. The van der Waals surface area contributed by atoms with E-state index in [4.69, 9.17) is 10.6 Å². The number of nitrogens with one attached hydrogen (secondary N) is 1. The summed E-state index contributed by atoms with van der Waals surface area (Å²) in [4.78, 5) is 4.44. The summed E-state index contributed by atoms with van der Waals surface area (Å²) in [5.74, 6) is 6.57. The van der Waals surface area contributed by atoms with E-state index >= 15 is 0 Å². The van der Waals surface area contributed by atoms with E-state index < -0.39 is 0 Å². The Morgan fingerprint density at radius 3 is 2.58 bits per heavy atom. The molecule has 1 atom stereocenters. The number of hydrogen-bond donors (Lipinski definition) is 2. The Labute approximate surface area is 113 Å². The number of nitrogens with two attached hydrogens (primary N) is 1. The minimum absolute atomic E-state index is 0.118. The molecule has 0 saturated carbocycles. The molecule has 0 amide bonds. The van der Waals surface area contributed by atoms with Crippen molar-refractivity contribution in [1.29, 1.82) is 0 Å². The van der Waals surface area contributed by atoms with Crippen molar-refractivity contribution >= 4 is 0 Å². The van der Waals surface area contributed by atoms with Crippen LogP contribution in [-0.2, 0) is 0 Å². The first-order valence-electron chi connectivity index (χ1n) is 6.19. The van der Waals surface area contributed by atoms with Gasteiger partial charge in [-0.2, -0.15) is 0 Å². The zero-order valence-corrected chi connectivity index (χ0v) is 11.5. The lowest BCUT2D eigenvalue weighted by Crippen LogP contribution is -2.30. The summed E-state index contributed by atoms with van der Waals surface area (Å²) in [6.45, 7) is 4.08. The quantitative estimate of drug-likeness (QED) is 0.651. The molecule has 0 saturated heterocycles. The van der Waals surface area contributed by atoms with E-state index in [2.05, 4.69) is 10.4 Å². The van der Waals surface area contributed by atoms with Gasteiger partial charge >= 0.3 is 0 Å². The number of aromatic nitrogens is 1. The fraction of sp³-hybridized carbons (Fsp3) is 0.267. The second-order valence-electron chi connectivity index (χ2n) is 4.53. The van der Waals surface area contributed by atoms with Gasteiger partial charge in [0.1, 0.15) is 5.75 Å². The number of hydrazine groups is 1. The molecule has 0 aliphatic heterocycles. The zero-order valence-electron chi connectivity index (χ0n) is 11.5. The molecule has 1 aromatic carbocycles. The van der Waals surface area contributed by atoms with Gasteiger partial charge in [-0.15, -0.1) is 0 Å². The molecule has 0 radical (unpaired) electrons. The van der Waals surface area contributed by atoms with Gasteiger partial charge in [0.2, 0.25) is 0 Å². The minimum Gasteiger partial charge on any atom is -0.497 e. The molecule has 2 aromatic rings. The van der Waals surface area contributed by atoms with E-state index in [1.807, 2.05) is 44.2 Å². The zero-order chi connectivity index (χ0) is 13.8. The van der Waals surface area contributed by atoms with Crippen molar-refractivity contribution in [1.82, 2.24) is 10.4 Å². The predicted molar refractivity (Wildman–Crippen MR) is 75.9 cm³/mol. The van der Waals surface area contributed by atoms with Crippen molar-refractivity contribution in [3.8, 4) is 5.75 Å². The summed E-state index contributed by atoms with van der Waals surface area (Å²) in [6, 6.07) is 9.79. The molecule has 3 N–H and O–H groups in total. The molecule has 1 aromatic heterocycles. The second kappa shape index (κ2) is 5.82. The largest absolute Gasteiger partial charge is 0.497 e. The van der Waals surface area contributed by atoms with Gasteiger partial charge in [0, 0.05) is 6.20 Å². The molecular formula is C15H19N3O. The van der Waals surface area contributed by atoms with Gasteiger partial charge < -0.3 is 4.74 Å². The van der Waals surface area contributed by atoms with Crippen molar-refractivity contribution in [3.05, 3.63) is 58.9 Å². The van der Waals surface area contributed by atoms with Crippen LogP contribution in [0.1, 0.15) is 28.4 Å². The monoisotopic (exact) mass is 257 g/mol. The number of aryl methyl sites for hydroxylation is 2. The highest BCUT2D eigenvalue weighted by Crippen LogP contribution is 2.27. The van der Waals surface area contributed by atoms with Crippen molar-refractivity contribution in [2.75, 3.05) is 7.11 Å². The number of nitrogens with zero attached hydrogens (tertiary/aromatic N) is 1. The summed E-state index contributed by atoms with van der Waals surface area (Å²) in [6.07, 6.45) is 1.78. The first-order valence-corrected chi connectivity index (χ1v) is 6.19. The molecular weight excluding hydrogens is 238 g/mol. The lowest BCUT2D eigenvalue weighted by Gasteiger charge is -2.20. The Morgan fingerprint density at radius 2 is 2.00 bits per heavy atom. The minimum atomic E-state index is -0.118. The highest BCUT2D eigenvalue weighted by atomic mass is 16.5. The molecule has 0 fully saturated rings. The van der Waals surface area contributed by atoms with Crippen LogP contribution >= 0.6 is 0 Å². The van der Waals surface area contributed by atoms with E-state index in [-0.39, 0.29) is 6.04 Å². The summed E-state index contributed by atoms with van der Waals surface area (Å²) >= 11 is 0. The van der Waals surface area contributed by atoms with Crippen LogP contribution in [0.15, 0.2) is 36.5 Å². The number of hydrogen-bond acceptors (Lipinski definition) is 4. The van der Waals surface area contributed by atoms with Gasteiger partial charge in [-0.3, -0.25) is 10.8 Å². The highest BCUT2D eigenvalue weighted by Gasteiger charge is 2.18. The third kappa shape index (κ3) is 2.75. The normalized spacial score (nSPS) is 12.2. The maximum atomic E-state index is 5.72. The Kier molecular flexibility index (Phi) is 4.14. The van der Waals surface area contributed by atoms with Crippen LogP contribution in [0.5, 0.6) is 5.75 Å².